The molecule has 0 amide bonds. The smallest absolute Gasteiger partial charge is 0.172 e. The van der Waals surface area contributed by atoms with Gasteiger partial charge in [-0.25, -0.2) is 0 Å². The molecule has 19 heavy (non-hydrogen) atoms. The first-order chi connectivity index (χ1) is 8.24. The van der Waals surface area contributed by atoms with Crippen LogP contribution in [0.25, 0.3) is 0 Å². The summed E-state index contributed by atoms with van der Waals surface area (Å²) in [4.78, 5) is 0. The van der Waals surface area contributed by atoms with E-state index >= 15 is 0 Å². The standard InChI is InChI=1S/C18H30N/c1-16(2,3)12-10-13(17(4,5)6)15(19)14(11-12)18(7,8)9/h10-11,19H,1-9H3/q+1. The average molecular weight is 260 g/mol. The molecule has 1 rings (SSSR count). The number of hydrogen-bond donors (Lipinski definition) is 1. The molecule has 0 aromatic heterocycles. The number of allylic oxidation sites excluding steroid dienone is 4. The van der Waals surface area contributed by atoms with Gasteiger partial charge in [-0.1, -0.05) is 0 Å². The third kappa shape index (κ3) is 3.52. The third-order valence-corrected chi connectivity index (χ3v) is 3.62. The molecule has 0 saturated heterocycles. The van der Waals surface area contributed by atoms with Crippen molar-refractivity contribution in [3.05, 3.63) is 29.2 Å². The molecule has 0 saturated carbocycles. The number of hydrogen-bond acceptors (Lipinski definition) is 1. The maximum atomic E-state index is 8.56. The van der Waals surface area contributed by atoms with Gasteiger partial charge in [-0.3, -0.25) is 5.41 Å². The first-order valence-electron chi connectivity index (χ1n) is 7.15. The van der Waals surface area contributed by atoms with E-state index in [9.17, 15) is 0 Å². The van der Waals surface area contributed by atoms with Gasteiger partial charge in [-0.05, 0) is 62.3 Å². The molecule has 1 nitrogen and oxygen atoms in total. The summed E-state index contributed by atoms with van der Waals surface area (Å²) in [6.45, 7) is 19.9. The van der Waals surface area contributed by atoms with E-state index in [4.69, 9.17) is 5.41 Å². The Morgan fingerprint density at radius 2 is 1.32 bits per heavy atom. The van der Waals surface area contributed by atoms with Crippen molar-refractivity contribution in [2.45, 2.75) is 62.3 Å². The lowest BCUT2D eigenvalue weighted by Crippen LogP contribution is -2.33. The van der Waals surface area contributed by atoms with Crippen molar-refractivity contribution >= 4 is 5.71 Å². The molecule has 1 aliphatic carbocycles. The van der Waals surface area contributed by atoms with Crippen LogP contribution in [-0.4, -0.2) is 5.71 Å². The Bertz CT molecular complexity index is 428. The van der Waals surface area contributed by atoms with E-state index in [1.54, 1.807) is 0 Å². The Kier molecular flexibility index (Phi) is 3.84. The molecule has 0 aromatic rings. The monoisotopic (exact) mass is 260 g/mol. The largest absolute Gasteiger partial charge is 0.275 e. The normalized spacial score (nSPS) is 18.4. The molecule has 1 N–H and O–H groups in total. The highest BCUT2D eigenvalue weighted by atomic mass is 14.5. The quantitative estimate of drug-likeness (QED) is 0.549. The predicted octanol–water partition coefficient (Wildman–Crippen LogP) is 5.59. The second-order valence-electron chi connectivity index (χ2n) is 8.70. The van der Waals surface area contributed by atoms with Crippen molar-refractivity contribution in [1.29, 1.82) is 5.41 Å². The highest BCUT2D eigenvalue weighted by molar-refractivity contribution is 6.12. The number of rotatable bonds is 0. The second-order valence-corrected chi connectivity index (χ2v) is 8.70. The van der Waals surface area contributed by atoms with Gasteiger partial charge < -0.3 is 0 Å². The van der Waals surface area contributed by atoms with Gasteiger partial charge in [0.15, 0.2) is 5.71 Å². The van der Waals surface area contributed by atoms with Gasteiger partial charge in [-0.2, -0.15) is 0 Å². The van der Waals surface area contributed by atoms with Crippen molar-refractivity contribution in [2.24, 2.45) is 16.2 Å². The van der Waals surface area contributed by atoms with Gasteiger partial charge in [0, 0.05) is 16.2 Å². The van der Waals surface area contributed by atoms with Crippen LogP contribution in [0.15, 0.2) is 23.3 Å². The summed E-state index contributed by atoms with van der Waals surface area (Å²) in [5.41, 5.74) is 3.35. The van der Waals surface area contributed by atoms with E-state index in [1.807, 2.05) is 0 Å². The van der Waals surface area contributed by atoms with Gasteiger partial charge in [0.2, 0.25) is 0 Å². The van der Waals surface area contributed by atoms with Gasteiger partial charge >= 0.3 is 0 Å². The minimum Gasteiger partial charge on any atom is -0.275 e. The zero-order chi connectivity index (χ0) is 15.2. The third-order valence-electron chi connectivity index (χ3n) is 3.62. The Morgan fingerprint density at radius 1 is 0.842 bits per heavy atom. The first-order valence-corrected chi connectivity index (χ1v) is 7.15. The van der Waals surface area contributed by atoms with Crippen LogP contribution in [0.1, 0.15) is 62.3 Å². The summed E-state index contributed by atoms with van der Waals surface area (Å²) in [5, 5.41) is 8.56. The summed E-state index contributed by atoms with van der Waals surface area (Å²) >= 11 is 0. The maximum absolute atomic E-state index is 8.56. The molecule has 0 spiro atoms. The van der Waals surface area contributed by atoms with Gasteiger partial charge in [0.05, 0.1) is 29.2 Å². The molecule has 0 bridgehead atoms. The van der Waals surface area contributed by atoms with E-state index in [-0.39, 0.29) is 16.2 Å². The van der Waals surface area contributed by atoms with Crippen LogP contribution in [0.4, 0.5) is 0 Å². The Morgan fingerprint density at radius 3 is 1.63 bits per heavy atom. The van der Waals surface area contributed by atoms with E-state index in [0.29, 0.717) is 5.71 Å². The van der Waals surface area contributed by atoms with Crippen molar-refractivity contribution in [3.63, 3.8) is 0 Å². The summed E-state index contributed by atoms with van der Waals surface area (Å²) in [6, 6.07) is 0. The Labute approximate surface area is 119 Å². The van der Waals surface area contributed by atoms with Gasteiger partial charge in [-0.15, -0.1) is 0 Å². The molecule has 0 aliphatic heterocycles. The molecule has 0 fully saturated rings. The Hall–Kier alpha value is -0.980. The SMILES string of the molecule is CC(C)(C)C1=C[C+](C(C)(C)C)C(=N)C(C(C)(C)C)=C1. The van der Waals surface area contributed by atoms with Gasteiger partial charge in [0.25, 0.3) is 0 Å². The fourth-order valence-electron chi connectivity index (χ4n) is 2.26. The molecule has 0 unspecified atom stereocenters. The first kappa shape index (κ1) is 16.1. The minimum absolute atomic E-state index is 0.0122. The minimum atomic E-state index is 0.0122. The Balaban J connectivity index is 3.41. The average Bonchev–Trinajstić information content (AvgIpc) is 2.11. The summed E-state index contributed by atoms with van der Waals surface area (Å²) < 4.78 is 0. The maximum Gasteiger partial charge on any atom is 0.172 e. The van der Waals surface area contributed by atoms with Gasteiger partial charge in [0.1, 0.15) is 0 Å². The number of nitrogens with one attached hydrogen (secondary N) is 1. The molecule has 0 atom stereocenters. The zero-order valence-corrected chi connectivity index (χ0v) is 14.2. The van der Waals surface area contributed by atoms with Crippen molar-refractivity contribution in [3.8, 4) is 0 Å². The van der Waals surface area contributed by atoms with Crippen LogP contribution < -0.4 is 0 Å². The predicted molar refractivity (Wildman–Crippen MR) is 85.5 cm³/mol. The molecule has 1 aliphatic rings. The van der Waals surface area contributed by atoms with Crippen molar-refractivity contribution in [2.75, 3.05) is 0 Å². The lowest BCUT2D eigenvalue weighted by Gasteiger charge is -2.32. The van der Waals surface area contributed by atoms with E-state index in [2.05, 4.69) is 74.5 Å². The lowest BCUT2D eigenvalue weighted by molar-refractivity contribution is 0.458. The fraction of sp³-hybridized carbons (Fsp3) is 0.667. The molecule has 0 aromatic carbocycles. The molecule has 106 valence electrons. The van der Waals surface area contributed by atoms with E-state index < -0.39 is 0 Å². The van der Waals surface area contributed by atoms with Crippen molar-refractivity contribution < 1.29 is 0 Å². The highest BCUT2D eigenvalue weighted by Crippen LogP contribution is 2.44. The molecular weight excluding hydrogens is 230 g/mol. The molecule has 0 radical (unpaired) electrons. The van der Waals surface area contributed by atoms with E-state index in [1.165, 1.54) is 5.57 Å². The van der Waals surface area contributed by atoms with Crippen LogP contribution >= 0.6 is 0 Å². The molecule has 1 heteroatoms. The van der Waals surface area contributed by atoms with Crippen LogP contribution in [0, 0.1) is 27.6 Å². The summed E-state index contributed by atoms with van der Waals surface area (Å²) in [5.74, 6) is 1.16. The topological polar surface area (TPSA) is 23.9 Å². The highest BCUT2D eigenvalue weighted by Gasteiger charge is 2.44. The van der Waals surface area contributed by atoms with Crippen LogP contribution in [0.3, 0.4) is 0 Å². The zero-order valence-electron chi connectivity index (χ0n) is 14.2. The lowest BCUT2D eigenvalue weighted by atomic mass is 9.65. The van der Waals surface area contributed by atoms with E-state index in [0.717, 1.165) is 11.5 Å². The summed E-state index contributed by atoms with van der Waals surface area (Å²) in [7, 11) is 0. The van der Waals surface area contributed by atoms with Crippen LogP contribution in [0.2, 0.25) is 0 Å². The molecular formula is C18H30N+. The second kappa shape index (κ2) is 4.54. The van der Waals surface area contributed by atoms with Crippen LogP contribution in [0.5, 0.6) is 0 Å². The summed E-state index contributed by atoms with van der Waals surface area (Å²) in [6.07, 6.45) is 4.47. The van der Waals surface area contributed by atoms with Crippen molar-refractivity contribution in [1.82, 2.24) is 0 Å². The molecule has 0 heterocycles. The van der Waals surface area contributed by atoms with Crippen LogP contribution in [-0.2, 0) is 0 Å². The fourth-order valence-corrected chi connectivity index (χ4v) is 2.26.